The first-order valence-electron chi connectivity index (χ1n) is 6.91. The lowest BCUT2D eigenvalue weighted by molar-refractivity contribution is -0.138. The monoisotopic (exact) mass is 278 g/mol. The van der Waals surface area contributed by atoms with Crippen LogP contribution in [0.25, 0.3) is 0 Å². The van der Waals surface area contributed by atoms with Crippen molar-refractivity contribution in [2.45, 2.75) is 32.9 Å². The number of hydrogen-bond donors (Lipinski definition) is 0. The molecule has 2 amide bonds. The fourth-order valence-electron chi connectivity index (χ4n) is 2.46. The third kappa shape index (κ3) is 2.84. The maximum Gasteiger partial charge on any atom is 0.225 e. The number of aromatic nitrogens is 2. The Balaban J connectivity index is 2.19. The van der Waals surface area contributed by atoms with E-state index < -0.39 is 0 Å². The van der Waals surface area contributed by atoms with Gasteiger partial charge in [0, 0.05) is 32.8 Å². The Bertz CT molecular complexity index is 507. The van der Waals surface area contributed by atoms with Gasteiger partial charge in [0.25, 0.3) is 0 Å². The zero-order valence-electron chi connectivity index (χ0n) is 12.5. The van der Waals surface area contributed by atoms with Crippen LogP contribution in [0.15, 0.2) is 12.3 Å². The maximum absolute atomic E-state index is 12.2. The van der Waals surface area contributed by atoms with Gasteiger partial charge in [0.15, 0.2) is 0 Å². The van der Waals surface area contributed by atoms with E-state index in [0.717, 1.165) is 5.69 Å². The van der Waals surface area contributed by atoms with Gasteiger partial charge in [-0.05, 0) is 6.07 Å². The Kier molecular flexibility index (Phi) is 4.11. The van der Waals surface area contributed by atoms with Crippen LogP contribution in [0.1, 0.15) is 32.0 Å². The number of rotatable bonds is 3. The van der Waals surface area contributed by atoms with Crippen molar-refractivity contribution in [3.8, 4) is 0 Å². The van der Waals surface area contributed by atoms with Crippen LogP contribution in [0.4, 0.5) is 0 Å². The molecule has 6 nitrogen and oxygen atoms in total. The molecule has 0 spiro atoms. The van der Waals surface area contributed by atoms with Crippen molar-refractivity contribution in [1.82, 2.24) is 19.6 Å². The van der Waals surface area contributed by atoms with Crippen molar-refractivity contribution in [2.75, 3.05) is 20.6 Å². The largest absolute Gasteiger partial charge is 0.349 e. The van der Waals surface area contributed by atoms with Gasteiger partial charge >= 0.3 is 0 Å². The highest BCUT2D eigenvalue weighted by atomic mass is 16.2. The average molecular weight is 278 g/mol. The van der Waals surface area contributed by atoms with Gasteiger partial charge in [-0.1, -0.05) is 13.8 Å². The Morgan fingerprint density at radius 3 is 2.75 bits per heavy atom. The zero-order chi connectivity index (χ0) is 14.9. The normalized spacial score (nSPS) is 18.1. The highest BCUT2D eigenvalue weighted by Crippen LogP contribution is 2.24. The molecule has 1 aliphatic heterocycles. The molecule has 2 heterocycles. The van der Waals surface area contributed by atoms with Gasteiger partial charge in [0.2, 0.25) is 11.8 Å². The topological polar surface area (TPSA) is 58.4 Å². The van der Waals surface area contributed by atoms with Gasteiger partial charge < -0.3 is 9.80 Å². The number of carbonyl (C=O) groups is 2. The van der Waals surface area contributed by atoms with Crippen LogP contribution in [0.5, 0.6) is 0 Å². The first-order valence-corrected chi connectivity index (χ1v) is 6.91. The molecule has 0 unspecified atom stereocenters. The summed E-state index contributed by atoms with van der Waals surface area (Å²) in [4.78, 5) is 27.5. The molecule has 0 saturated carbocycles. The second kappa shape index (κ2) is 5.64. The molecule has 0 saturated heterocycles. The summed E-state index contributed by atoms with van der Waals surface area (Å²) in [6.07, 6.45) is 2.09. The number of amides is 2. The highest BCUT2D eigenvalue weighted by molar-refractivity contribution is 5.79. The maximum atomic E-state index is 12.2. The second-order valence-electron chi connectivity index (χ2n) is 5.79. The fourth-order valence-corrected chi connectivity index (χ4v) is 2.46. The van der Waals surface area contributed by atoms with Gasteiger partial charge in [-0.2, -0.15) is 5.10 Å². The fraction of sp³-hybridized carbons (Fsp3) is 0.643. The lowest BCUT2D eigenvalue weighted by Gasteiger charge is -2.35. The molecule has 1 atom stereocenters. The van der Waals surface area contributed by atoms with Crippen molar-refractivity contribution in [2.24, 2.45) is 5.92 Å². The van der Waals surface area contributed by atoms with E-state index >= 15 is 0 Å². The van der Waals surface area contributed by atoms with E-state index in [1.54, 1.807) is 25.2 Å². The van der Waals surface area contributed by atoms with Crippen molar-refractivity contribution in [3.63, 3.8) is 0 Å². The lowest BCUT2D eigenvalue weighted by atomic mass is 10.1. The van der Waals surface area contributed by atoms with E-state index in [2.05, 4.69) is 5.10 Å². The quantitative estimate of drug-likeness (QED) is 0.825. The minimum Gasteiger partial charge on any atom is -0.349 e. The van der Waals surface area contributed by atoms with Crippen molar-refractivity contribution in [1.29, 1.82) is 0 Å². The SMILES string of the molecule is CC(C)C(=O)N1Cc2ccnn2[C@@H](CC(=O)N(C)C)C1. The van der Waals surface area contributed by atoms with Gasteiger partial charge in [-0.15, -0.1) is 0 Å². The number of nitrogens with zero attached hydrogens (tertiary/aromatic N) is 4. The molecule has 0 bridgehead atoms. The minimum absolute atomic E-state index is 0.0327. The van der Waals surface area contributed by atoms with E-state index in [-0.39, 0.29) is 23.8 Å². The zero-order valence-corrected chi connectivity index (χ0v) is 12.5. The summed E-state index contributed by atoms with van der Waals surface area (Å²) in [5, 5.41) is 4.30. The molecular formula is C14H22N4O2. The summed E-state index contributed by atoms with van der Waals surface area (Å²) in [5.41, 5.74) is 0.988. The molecule has 0 aromatic carbocycles. The molecule has 0 aliphatic carbocycles. The predicted octanol–water partition coefficient (Wildman–Crippen LogP) is 0.901. The first kappa shape index (κ1) is 14.6. The Morgan fingerprint density at radius 1 is 1.45 bits per heavy atom. The van der Waals surface area contributed by atoms with Crippen LogP contribution < -0.4 is 0 Å². The van der Waals surface area contributed by atoms with E-state index in [1.807, 2.05) is 29.5 Å². The van der Waals surface area contributed by atoms with Crippen molar-refractivity contribution >= 4 is 11.8 Å². The van der Waals surface area contributed by atoms with Crippen molar-refractivity contribution < 1.29 is 9.59 Å². The summed E-state index contributed by atoms with van der Waals surface area (Å²) < 4.78 is 1.88. The Labute approximate surface area is 119 Å². The highest BCUT2D eigenvalue weighted by Gasteiger charge is 2.30. The molecule has 110 valence electrons. The summed E-state index contributed by atoms with van der Waals surface area (Å²) in [6, 6.07) is 1.83. The van der Waals surface area contributed by atoms with Gasteiger partial charge in [0.05, 0.1) is 24.7 Å². The molecule has 0 fully saturated rings. The molecule has 1 aromatic rings. The lowest BCUT2D eigenvalue weighted by Crippen LogP contribution is -2.44. The van der Waals surface area contributed by atoms with Crippen LogP contribution >= 0.6 is 0 Å². The molecule has 2 rings (SSSR count). The summed E-state index contributed by atoms with van der Waals surface area (Å²) in [7, 11) is 3.48. The molecule has 1 aliphatic rings. The van der Waals surface area contributed by atoms with E-state index in [9.17, 15) is 9.59 Å². The third-order valence-electron chi connectivity index (χ3n) is 3.60. The Hall–Kier alpha value is -1.85. The van der Waals surface area contributed by atoms with Crippen LogP contribution in [0, 0.1) is 5.92 Å². The molecular weight excluding hydrogens is 256 g/mol. The van der Waals surface area contributed by atoms with Crippen molar-refractivity contribution in [3.05, 3.63) is 18.0 Å². The molecule has 0 radical (unpaired) electrons. The van der Waals surface area contributed by atoms with Gasteiger partial charge in [-0.25, -0.2) is 0 Å². The molecule has 20 heavy (non-hydrogen) atoms. The van der Waals surface area contributed by atoms with Gasteiger partial charge in [0.1, 0.15) is 0 Å². The van der Waals surface area contributed by atoms with Gasteiger partial charge in [-0.3, -0.25) is 14.3 Å². The van der Waals surface area contributed by atoms with E-state index in [4.69, 9.17) is 0 Å². The first-order chi connectivity index (χ1) is 9.40. The van der Waals surface area contributed by atoms with Crippen LogP contribution in [-0.2, 0) is 16.1 Å². The molecule has 6 heteroatoms. The molecule has 1 aromatic heterocycles. The Morgan fingerprint density at radius 2 is 2.15 bits per heavy atom. The number of carbonyl (C=O) groups excluding carboxylic acids is 2. The summed E-state index contributed by atoms with van der Waals surface area (Å²) in [5.74, 6) is 0.143. The minimum atomic E-state index is -0.0775. The molecule has 0 N–H and O–H groups in total. The smallest absolute Gasteiger partial charge is 0.225 e. The average Bonchev–Trinajstić information content (AvgIpc) is 2.85. The number of fused-ring (bicyclic) bond motifs is 1. The predicted molar refractivity (Wildman–Crippen MR) is 74.8 cm³/mol. The number of hydrogen-bond acceptors (Lipinski definition) is 3. The van der Waals surface area contributed by atoms with Crippen LogP contribution in [0.2, 0.25) is 0 Å². The van der Waals surface area contributed by atoms with E-state index in [0.29, 0.717) is 19.5 Å². The summed E-state index contributed by atoms with van der Waals surface area (Å²) in [6.45, 7) is 4.91. The standard InChI is InChI=1S/C14H22N4O2/c1-10(2)14(20)17-8-11-5-6-15-18(11)12(9-17)7-13(19)16(3)4/h5-6,10,12H,7-9H2,1-4H3/t12-/m0/s1. The van der Waals surface area contributed by atoms with Crippen LogP contribution in [0.3, 0.4) is 0 Å². The van der Waals surface area contributed by atoms with Crippen LogP contribution in [-0.4, -0.2) is 52.0 Å². The van der Waals surface area contributed by atoms with E-state index in [1.165, 1.54) is 0 Å². The second-order valence-corrected chi connectivity index (χ2v) is 5.79. The summed E-state index contributed by atoms with van der Waals surface area (Å²) >= 11 is 0. The third-order valence-corrected chi connectivity index (χ3v) is 3.60.